The van der Waals surface area contributed by atoms with Crippen LogP contribution in [0.25, 0.3) is 0 Å². The van der Waals surface area contributed by atoms with E-state index < -0.39 is 0 Å². The van der Waals surface area contributed by atoms with Gasteiger partial charge < -0.3 is 10.2 Å². The van der Waals surface area contributed by atoms with Crippen LogP contribution in [0.1, 0.15) is 67.2 Å². The zero-order valence-corrected chi connectivity index (χ0v) is 15.9. The number of hydrogen-bond acceptors (Lipinski definition) is 3. The number of piperidine rings is 1. The molecule has 1 N–H and O–H groups in total. The third kappa shape index (κ3) is 4.62. The largest absolute Gasteiger partial charge is 0.309 e. The molecule has 3 heteroatoms. The Morgan fingerprint density at radius 1 is 1.24 bits per heavy atom. The smallest absolute Gasteiger partial charge is 0.0125 e. The minimum atomic E-state index is 0.267. The van der Waals surface area contributed by atoms with Gasteiger partial charge in [0.05, 0.1) is 0 Å². The molecule has 1 saturated heterocycles. The number of nitrogens with one attached hydrogen (secondary N) is 1. The molecule has 2 nitrogen and oxygen atoms in total. The van der Waals surface area contributed by atoms with Crippen LogP contribution in [0.5, 0.6) is 0 Å². The normalized spacial score (nSPS) is 31.7. The van der Waals surface area contributed by atoms with Crippen LogP contribution in [0, 0.1) is 5.41 Å². The number of likely N-dealkylation sites (tertiary alicyclic amines) is 1. The zero-order chi connectivity index (χ0) is 15.7. The van der Waals surface area contributed by atoms with Crippen molar-refractivity contribution in [3.63, 3.8) is 0 Å². The first-order chi connectivity index (χ1) is 9.73. The molecule has 2 fully saturated rings. The molecule has 0 spiro atoms. The molecule has 1 saturated carbocycles. The molecule has 0 bridgehead atoms. The van der Waals surface area contributed by atoms with Crippen molar-refractivity contribution in [1.29, 1.82) is 0 Å². The molecule has 2 rings (SSSR count). The van der Waals surface area contributed by atoms with Gasteiger partial charge >= 0.3 is 0 Å². The average molecular weight is 313 g/mol. The van der Waals surface area contributed by atoms with Gasteiger partial charge in [0.2, 0.25) is 0 Å². The molecule has 0 amide bonds. The Bertz CT molecular complexity index is 323. The van der Waals surface area contributed by atoms with E-state index in [-0.39, 0.29) is 5.54 Å². The Kier molecular flexibility index (Phi) is 5.71. The summed E-state index contributed by atoms with van der Waals surface area (Å²) in [7, 11) is 0. The van der Waals surface area contributed by atoms with Crippen molar-refractivity contribution in [3.05, 3.63) is 0 Å². The Morgan fingerprint density at radius 2 is 1.81 bits per heavy atom. The second-order valence-corrected chi connectivity index (χ2v) is 10.1. The maximum Gasteiger partial charge on any atom is 0.0125 e. The Balaban J connectivity index is 1.73. The van der Waals surface area contributed by atoms with Crippen LogP contribution >= 0.6 is 11.8 Å². The fraction of sp³-hybridized carbons (Fsp3) is 1.00. The summed E-state index contributed by atoms with van der Waals surface area (Å²) in [6.07, 6.45) is 5.48. The van der Waals surface area contributed by atoms with Crippen LogP contribution in [-0.2, 0) is 0 Å². The summed E-state index contributed by atoms with van der Waals surface area (Å²) >= 11 is 2.14. The van der Waals surface area contributed by atoms with Crippen molar-refractivity contribution in [3.8, 4) is 0 Å². The molecule has 0 aromatic rings. The highest BCUT2D eigenvalue weighted by Gasteiger charge is 2.40. The van der Waals surface area contributed by atoms with Crippen molar-refractivity contribution in [1.82, 2.24) is 10.2 Å². The van der Waals surface area contributed by atoms with Crippen LogP contribution < -0.4 is 5.32 Å². The van der Waals surface area contributed by atoms with E-state index in [9.17, 15) is 0 Å². The molecule has 1 atom stereocenters. The molecule has 21 heavy (non-hydrogen) atoms. The summed E-state index contributed by atoms with van der Waals surface area (Å²) in [6, 6.07) is 1.60. The lowest BCUT2D eigenvalue weighted by molar-refractivity contribution is 0.0314. The molecule has 1 aliphatic heterocycles. The zero-order valence-electron chi connectivity index (χ0n) is 15.0. The lowest BCUT2D eigenvalue weighted by atomic mass is 9.75. The maximum absolute atomic E-state index is 3.75. The molecule has 0 aromatic carbocycles. The van der Waals surface area contributed by atoms with Crippen LogP contribution in [0.2, 0.25) is 0 Å². The summed E-state index contributed by atoms with van der Waals surface area (Å²) in [5.74, 6) is 1.25. The van der Waals surface area contributed by atoms with E-state index in [0.29, 0.717) is 5.41 Å². The summed E-state index contributed by atoms with van der Waals surface area (Å²) < 4.78 is 0. The van der Waals surface area contributed by atoms with E-state index in [1.165, 1.54) is 44.5 Å². The van der Waals surface area contributed by atoms with Crippen molar-refractivity contribution < 1.29 is 0 Å². The van der Waals surface area contributed by atoms with Gasteiger partial charge in [0.25, 0.3) is 0 Å². The molecule has 124 valence electrons. The molecular weight excluding hydrogens is 276 g/mol. The maximum atomic E-state index is 3.75. The minimum Gasteiger partial charge on any atom is -0.309 e. The second kappa shape index (κ2) is 6.80. The monoisotopic (exact) mass is 312 g/mol. The quantitative estimate of drug-likeness (QED) is 0.821. The predicted octanol–water partition coefficient (Wildman–Crippen LogP) is 4.15. The van der Waals surface area contributed by atoms with E-state index in [2.05, 4.69) is 63.5 Å². The summed E-state index contributed by atoms with van der Waals surface area (Å²) in [5, 5.41) is 4.55. The summed E-state index contributed by atoms with van der Waals surface area (Å²) in [6.45, 7) is 16.7. The van der Waals surface area contributed by atoms with Gasteiger partial charge in [-0.25, -0.2) is 0 Å². The van der Waals surface area contributed by atoms with Gasteiger partial charge in [0.1, 0.15) is 0 Å². The van der Waals surface area contributed by atoms with Crippen LogP contribution in [-0.4, -0.2) is 46.6 Å². The number of rotatable bonds is 5. The highest BCUT2D eigenvalue weighted by atomic mass is 32.2. The molecule has 0 aromatic heterocycles. The number of hydrogen-bond donors (Lipinski definition) is 1. The first kappa shape index (κ1) is 17.6. The topological polar surface area (TPSA) is 15.3 Å². The van der Waals surface area contributed by atoms with E-state index in [4.69, 9.17) is 0 Å². The van der Waals surface area contributed by atoms with E-state index in [1.54, 1.807) is 0 Å². The first-order valence-corrected chi connectivity index (χ1v) is 9.92. The van der Waals surface area contributed by atoms with Crippen molar-refractivity contribution in [2.45, 2.75) is 90.1 Å². The van der Waals surface area contributed by atoms with Crippen LogP contribution in [0.4, 0.5) is 0 Å². The Hall–Kier alpha value is 0.270. The van der Waals surface area contributed by atoms with Gasteiger partial charge in [-0.15, -0.1) is 0 Å². The van der Waals surface area contributed by atoms with Gasteiger partial charge in [0.15, 0.2) is 0 Å². The lowest BCUT2D eigenvalue weighted by Crippen LogP contribution is -2.58. The molecule has 0 radical (unpaired) electrons. The third-order valence-corrected chi connectivity index (χ3v) is 7.01. The molecule has 1 aliphatic carbocycles. The lowest BCUT2D eigenvalue weighted by Gasteiger charge is -2.50. The standard InChI is InChI=1S/C18H36N2S/c1-7-21-14(2)18(6)8-10-20(11-9-18)16-12-15(13-16)19-17(3,4)5/h14-16,19H,7-13H2,1-6H3. The summed E-state index contributed by atoms with van der Waals surface area (Å²) in [5.41, 5.74) is 0.826. The van der Waals surface area contributed by atoms with E-state index in [1.807, 2.05) is 0 Å². The van der Waals surface area contributed by atoms with Gasteiger partial charge in [0, 0.05) is 22.9 Å². The van der Waals surface area contributed by atoms with E-state index >= 15 is 0 Å². The highest BCUT2D eigenvalue weighted by molar-refractivity contribution is 7.99. The van der Waals surface area contributed by atoms with Crippen molar-refractivity contribution in [2.75, 3.05) is 18.8 Å². The minimum absolute atomic E-state index is 0.267. The SMILES string of the molecule is CCSC(C)C1(C)CCN(C2CC(NC(C)(C)C)C2)CC1. The fourth-order valence-corrected chi connectivity index (χ4v) is 5.01. The summed E-state index contributed by atoms with van der Waals surface area (Å²) in [4.78, 5) is 2.77. The van der Waals surface area contributed by atoms with Gasteiger partial charge in [-0.1, -0.05) is 20.8 Å². The van der Waals surface area contributed by atoms with Crippen molar-refractivity contribution in [2.24, 2.45) is 5.41 Å². The third-order valence-electron chi connectivity index (χ3n) is 5.61. The second-order valence-electron chi connectivity index (χ2n) is 8.50. The Labute approximate surface area is 136 Å². The van der Waals surface area contributed by atoms with Crippen LogP contribution in [0.3, 0.4) is 0 Å². The van der Waals surface area contributed by atoms with Crippen molar-refractivity contribution >= 4 is 11.8 Å². The molecule has 2 aliphatic rings. The van der Waals surface area contributed by atoms with E-state index in [0.717, 1.165) is 17.3 Å². The molecule has 1 unspecified atom stereocenters. The average Bonchev–Trinajstić information content (AvgIpc) is 2.34. The number of thioether (sulfide) groups is 1. The van der Waals surface area contributed by atoms with Crippen LogP contribution in [0.15, 0.2) is 0 Å². The first-order valence-electron chi connectivity index (χ1n) is 8.87. The van der Waals surface area contributed by atoms with Gasteiger partial charge in [-0.05, 0) is 70.7 Å². The predicted molar refractivity (Wildman–Crippen MR) is 96.2 cm³/mol. The fourth-order valence-electron chi connectivity index (χ4n) is 3.87. The molecule has 1 heterocycles. The Morgan fingerprint density at radius 3 is 2.29 bits per heavy atom. The highest BCUT2D eigenvalue weighted by Crippen LogP contribution is 2.42. The number of nitrogens with zero attached hydrogens (tertiary/aromatic N) is 1. The van der Waals surface area contributed by atoms with Gasteiger partial charge in [-0.2, -0.15) is 11.8 Å². The van der Waals surface area contributed by atoms with Gasteiger partial charge in [-0.3, -0.25) is 0 Å². The molecular formula is C18H36N2S.